The van der Waals surface area contributed by atoms with Gasteiger partial charge in [0.25, 0.3) is 0 Å². The number of thioether (sulfide) groups is 1. The molecule has 0 aromatic heterocycles. The molecule has 0 fully saturated rings. The Hall–Kier alpha value is -1.23. The zero-order valence-corrected chi connectivity index (χ0v) is 10.2. The minimum Gasteiger partial charge on any atom is -0.494 e. The smallest absolute Gasteiger partial charge is 0.219 e. The van der Waals surface area contributed by atoms with E-state index in [1.54, 1.807) is 6.92 Å². The maximum absolute atomic E-state index is 10.4. The number of nitrogens with zero attached hydrogens (tertiary/aromatic N) is 1. The molecule has 16 heavy (non-hydrogen) atoms. The van der Waals surface area contributed by atoms with Crippen LogP contribution in [0.25, 0.3) is 0 Å². The van der Waals surface area contributed by atoms with Crippen molar-refractivity contribution in [3.63, 3.8) is 0 Å². The lowest BCUT2D eigenvalue weighted by Crippen LogP contribution is -2.17. The number of rotatable bonds is 6. The molecule has 0 aliphatic carbocycles. The largest absolute Gasteiger partial charge is 0.494 e. The van der Waals surface area contributed by atoms with Gasteiger partial charge in [-0.25, -0.2) is 0 Å². The first-order chi connectivity index (χ1) is 7.63. The molecule has 0 radical (unpaired) electrons. The van der Waals surface area contributed by atoms with Crippen LogP contribution in [0.1, 0.15) is 13.8 Å². The number of nitro groups is 1. The Morgan fingerprint density at radius 3 is 2.56 bits per heavy atom. The van der Waals surface area contributed by atoms with E-state index in [2.05, 4.69) is 0 Å². The SMILES string of the molecule is CCOc1ccc(SCC(C)[N+](=O)[O-])cc1. The summed E-state index contributed by atoms with van der Waals surface area (Å²) in [7, 11) is 0. The van der Waals surface area contributed by atoms with Gasteiger partial charge < -0.3 is 4.74 Å². The Bertz CT molecular complexity index is 340. The molecule has 1 rings (SSSR count). The molecule has 1 aromatic rings. The van der Waals surface area contributed by atoms with Crippen molar-refractivity contribution in [1.82, 2.24) is 0 Å². The van der Waals surface area contributed by atoms with Crippen molar-refractivity contribution in [2.45, 2.75) is 24.8 Å². The van der Waals surface area contributed by atoms with E-state index in [4.69, 9.17) is 4.74 Å². The van der Waals surface area contributed by atoms with E-state index in [0.717, 1.165) is 10.6 Å². The van der Waals surface area contributed by atoms with Gasteiger partial charge in [0.1, 0.15) is 5.75 Å². The summed E-state index contributed by atoms with van der Waals surface area (Å²) in [6, 6.07) is 7.08. The van der Waals surface area contributed by atoms with Crippen LogP contribution in [0.5, 0.6) is 5.75 Å². The number of ether oxygens (including phenoxy) is 1. The fourth-order valence-electron chi connectivity index (χ4n) is 1.08. The Balaban J connectivity index is 2.46. The van der Waals surface area contributed by atoms with Crippen molar-refractivity contribution < 1.29 is 9.66 Å². The van der Waals surface area contributed by atoms with Crippen LogP contribution in [0.3, 0.4) is 0 Å². The molecular formula is C11H15NO3S. The third kappa shape index (κ3) is 4.10. The summed E-state index contributed by atoms with van der Waals surface area (Å²) in [5.74, 6) is 1.32. The summed E-state index contributed by atoms with van der Waals surface area (Å²) in [6.07, 6.45) is 0. The number of benzene rings is 1. The predicted octanol–water partition coefficient (Wildman–Crippen LogP) is 2.84. The average molecular weight is 241 g/mol. The molecular weight excluding hydrogens is 226 g/mol. The zero-order valence-electron chi connectivity index (χ0n) is 9.38. The highest BCUT2D eigenvalue weighted by molar-refractivity contribution is 7.99. The monoisotopic (exact) mass is 241 g/mol. The summed E-state index contributed by atoms with van der Waals surface area (Å²) in [5, 5.41) is 10.4. The van der Waals surface area contributed by atoms with Gasteiger partial charge in [-0.15, -0.1) is 11.8 Å². The highest BCUT2D eigenvalue weighted by Gasteiger charge is 2.12. The molecule has 0 spiro atoms. The molecule has 1 aromatic carbocycles. The molecule has 0 heterocycles. The fraction of sp³-hybridized carbons (Fsp3) is 0.455. The standard InChI is InChI=1S/C11H15NO3S/c1-3-15-10-4-6-11(7-5-10)16-8-9(2)12(13)14/h4-7,9H,3,8H2,1-2H3. The van der Waals surface area contributed by atoms with Crippen molar-refractivity contribution in [3.05, 3.63) is 34.4 Å². The van der Waals surface area contributed by atoms with Gasteiger partial charge in [0.15, 0.2) is 0 Å². The molecule has 0 amide bonds. The van der Waals surface area contributed by atoms with Crippen molar-refractivity contribution in [2.24, 2.45) is 0 Å². The summed E-state index contributed by atoms with van der Waals surface area (Å²) in [4.78, 5) is 11.2. The second-order valence-corrected chi connectivity index (χ2v) is 4.44. The molecule has 88 valence electrons. The third-order valence-corrected chi connectivity index (χ3v) is 3.24. The molecule has 4 nitrogen and oxygen atoms in total. The van der Waals surface area contributed by atoms with Crippen molar-refractivity contribution in [1.29, 1.82) is 0 Å². The zero-order chi connectivity index (χ0) is 12.0. The van der Waals surface area contributed by atoms with E-state index in [1.165, 1.54) is 11.8 Å². The van der Waals surface area contributed by atoms with Crippen molar-refractivity contribution in [3.8, 4) is 5.75 Å². The molecule has 0 aliphatic heterocycles. The topological polar surface area (TPSA) is 52.4 Å². The Labute approximate surface area is 99.1 Å². The van der Waals surface area contributed by atoms with Crippen LogP contribution in [0.4, 0.5) is 0 Å². The fourth-order valence-corrected chi connectivity index (χ4v) is 1.96. The van der Waals surface area contributed by atoms with E-state index in [-0.39, 0.29) is 4.92 Å². The lowest BCUT2D eigenvalue weighted by molar-refractivity contribution is -0.511. The molecule has 0 bridgehead atoms. The van der Waals surface area contributed by atoms with Gasteiger partial charge in [0, 0.05) is 16.7 Å². The molecule has 1 atom stereocenters. The van der Waals surface area contributed by atoms with E-state index < -0.39 is 6.04 Å². The van der Waals surface area contributed by atoms with E-state index in [1.807, 2.05) is 31.2 Å². The Kier molecular flexibility index (Phi) is 5.11. The van der Waals surface area contributed by atoms with Gasteiger partial charge in [-0.2, -0.15) is 0 Å². The molecule has 0 saturated heterocycles. The lowest BCUT2D eigenvalue weighted by atomic mass is 10.3. The minimum atomic E-state index is -0.517. The minimum absolute atomic E-state index is 0.262. The number of hydrogen-bond acceptors (Lipinski definition) is 4. The van der Waals surface area contributed by atoms with Gasteiger partial charge >= 0.3 is 0 Å². The van der Waals surface area contributed by atoms with E-state index in [9.17, 15) is 10.1 Å². The quantitative estimate of drug-likeness (QED) is 0.436. The van der Waals surface area contributed by atoms with Gasteiger partial charge in [-0.05, 0) is 31.2 Å². The van der Waals surface area contributed by atoms with Gasteiger partial charge in [-0.1, -0.05) is 0 Å². The summed E-state index contributed by atoms with van der Waals surface area (Å²) in [5.41, 5.74) is 0. The van der Waals surface area contributed by atoms with Crippen molar-refractivity contribution >= 4 is 11.8 Å². The molecule has 5 heteroatoms. The highest BCUT2D eigenvalue weighted by atomic mass is 32.2. The first kappa shape index (κ1) is 12.8. The van der Waals surface area contributed by atoms with E-state index in [0.29, 0.717) is 12.4 Å². The Morgan fingerprint density at radius 1 is 1.44 bits per heavy atom. The van der Waals surface area contributed by atoms with Crippen LogP contribution in [0.2, 0.25) is 0 Å². The molecule has 0 N–H and O–H groups in total. The molecule has 0 saturated carbocycles. The van der Waals surface area contributed by atoms with Gasteiger partial charge in [0.05, 0.1) is 12.4 Å². The molecule has 1 unspecified atom stereocenters. The number of hydrogen-bond donors (Lipinski definition) is 0. The first-order valence-electron chi connectivity index (χ1n) is 5.12. The van der Waals surface area contributed by atoms with Crippen LogP contribution >= 0.6 is 11.8 Å². The Morgan fingerprint density at radius 2 is 2.06 bits per heavy atom. The third-order valence-electron chi connectivity index (χ3n) is 1.99. The van der Waals surface area contributed by atoms with E-state index >= 15 is 0 Å². The predicted molar refractivity (Wildman–Crippen MR) is 64.8 cm³/mol. The maximum atomic E-state index is 10.4. The normalized spacial score (nSPS) is 12.1. The maximum Gasteiger partial charge on any atom is 0.219 e. The van der Waals surface area contributed by atoms with Gasteiger partial charge in [-0.3, -0.25) is 10.1 Å². The average Bonchev–Trinajstić information content (AvgIpc) is 2.28. The van der Waals surface area contributed by atoms with Crippen molar-refractivity contribution in [2.75, 3.05) is 12.4 Å². The van der Waals surface area contributed by atoms with Crippen LogP contribution < -0.4 is 4.74 Å². The van der Waals surface area contributed by atoms with Crippen LogP contribution in [-0.4, -0.2) is 23.3 Å². The summed E-state index contributed by atoms with van der Waals surface area (Å²) < 4.78 is 5.31. The highest BCUT2D eigenvalue weighted by Crippen LogP contribution is 2.22. The molecule has 0 aliphatic rings. The van der Waals surface area contributed by atoms with Crippen LogP contribution in [0.15, 0.2) is 29.2 Å². The second kappa shape index (κ2) is 6.37. The summed E-state index contributed by atoms with van der Waals surface area (Å²) >= 11 is 1.49. The summed E-state index contributed by atoms with van der Waals surface area (Å²) in [6.45, 7) is 4.19. The lowest BCUT2D eigenvalue weighted by Gasteiger charge is -2.05. The van der Waals surface area contributed by atoms with Gasteiger partial charge in [0.2, 0.25) is 6.04 Å². The van der Waals surface area contributed by atoms with Crippen LogP contribution in [-0.2, 0) is 0 Å². The first-order valence-corrected chi connectivity index (χ1v) is 6.11. The van der Waals surface area contributed by atoms with Crippen LogP contribution in [0, 0.1) is 10.1 Å². The second-order valence-electron chi connectivity index (χ2n) is 3.35.